The highest BCUT2D eigenvalue weighted by atomic mass is 16.4. The Bertz CT molecular complexity index is 757. The van der Waals surface area contributed by atoms with Crippen LogP contribution in [0, 0.1) is 0 Å². The second kappa shape index (κ2) is 5.04. The predicted molar refractivity (Wildman–Crippen MR) is 67.1 cm³/mol. The zero-order valence-corrected chi connectivity index (χ0v) is 10.1. The van der Waals surface area contributed by atoms with Crippen LogP contribution in [0.25, 0.3) is 11.0 Å². The Hall–Kier alpha value is -2.83. The zero-order valence-electron chi connectivity index (χ0n) is 10.1. The van der Waals surface area contributed by atoms with Crippen LogP contribution in [0.5, 0.6) is 5.75 Å². The van der Waals surface area contributed by atoms with Crippen molar-refractivity contribution in [1.82, 2.24) is 0 Å². The first kappa shape index (κ1) is 13.6. The molecule has 104 valence electrons. The molecule has 0 aliphatic carbocycles. The highest BCUT2D eigenvalue weighted by Gasteiger charge is 2.21. The smallest absolute Gasteiger partial charge is 0.343 e. The second-order valence-corrected chi connectivity index (χ2v) is 4.11. The van der Waals surface area contributed by atoms with Gasteiger partial charge in [0, 0.05) is 12.5 Å². The molecule has 1 aromatic heterocycles. The van der Waals surface area contributed by atoms with Gasteiger partial charge < -0.3 is 19.7 Å². The SMILES string of the molecule is O=C(O)CCc1oc2cc(O)ccc2c(=O)c1C(=O)O. The van der Waals surface area contributed by atoms with Gasteiger partial charge in [-0.1, -0.05) is 0 Å². The third kappa shape index (κ3) is 2.46. The number of fused-ring (bicyclic) bond motifs is 1. The number of carboxylic acid groups (broad SMARTS) is 2. The Morgan fingerprint density at radius 1 is 1.20 bits per heavy atom. The number of carboxylic acids is 2. The summed E-state index contributed by atoms with van der Waals surface area (Å²) in [6, 6.07) is 3.67. The molecule has 1 aromatic carbocycles. The molecule has 0 aliphatic rings. The summed E-state index contributed by atoms with van der Waals surface area (Å²) >= 11 is 0. The summed E-state index contributed by atoms with van der Waals surface area (Å²) in [5.74, 6) is -2.98. The third-order valence-electron chi connectivity index (χ3n) is 2.73. The first-order valence-electron chi connectivity index (χ1n) is 5.64. The Labute approximate surface area is 111 Å². The van der Waals surface area contributed by atoms with E-state index in [1.807, 2.05) is 0 Å². The van der Waals surface area contributed by atoms with Gasteiger partial charge in [0.15, 0.2) is 0 Å². The molecule has 3 N–H and O–H groups in total. The van der Waals surface area contributed by atoms with Crippen molar-refractivity contribution in [2.24, 2.45) is 0 Å². The maximum absolute atomic E-state index is 12.1. The predicted octanol–water partition coefficient (Wildman–Crippen LogP) is 1.21. The van der Waals surface area contributed by atoms with Crippen molar-refractivity contribution >= 4 is 22.9 Å². The molecule has 7 nitrogen and oxygen atoms in total. The Morgan fingerprint density at radius 2 is 1.90 bits per heavy atom. The van der Waals surface area contributed by atoms with Gasteiger partial charge in [0.1, 0.15) is 22.7 Å². The number of hydrogen-bond acceptors (Lipinski definition) is 5. The summed E-state index contributed by atoms with van der Waals surface area (Å²) in [5.41, 5.74) is -1.33. The van der Waals surface area contributed by atoms with E-state index < -0.39 is 22.9 Å². The lowest BCUT2D eigenvalue weighted by atomic mass is 10.1. The quantitative estimate of drug-likeness (QED) is 0.767. The molecule has 1 heterocycles. The molecule has 0 atom stereocenters. The van der Waals surface area contributed by atoms with Crippen molar-refractivity contribution in [3.63, 3.8) is 0 Å². The molecular formula is C13H10O7. The minimum Gasteiger partial charge on any atom is -0.508 e. The second-order valence-electron chi connectivity index (χ2n) is 4.11. The number of phenols is 1. The van der Waals surface area contributed by atoms with Crippen molar-refractivity contribution in [3.05, 3.63) is 39.7 Å². The van der Waals surface area contributed by atoms with Crippen molar-refractivity contribution in [3.8, 4) is 5.75 Å². The van der Waals surface area contributed by atoms with E-state index in [4.69, 9.17) is 14.6 Å². The van der Waals surface area contributed by atoms with Crippen LogP contribution in [-0.2, 0) is 11.2 Å². The van der Waals surface area contributed by atoms with Crippen molar-refractivity contribution < 1.29 is 29.3 Å². The highest BCUT2D eigenvalue weighted by Crippen LogP contribution is 2.21. The molecule has 0 aliphatic heterocycles. The Kier molecular flexibility index (Phi) is 3.43. The maximum Gasteiger partial charge on any atom is 0.343 e. The number of aromatic carboxylic acids is 1. The fourth-order valence-electron chi connectivity index (χ4n) is 1.84. The fraction of sp³-hybridized carbons (Fsp3) is 0.154. The van der Waals surface area contributed by atoms with Crippen LogP contribution in [0.2, 0.25) is 0 Å². The third-order valence-corrected chi connectivity index (χ3v) is 2.73. The number of hydrogen-bond donors (Lipinski definition) is 3. The van der Waals surface area contributed by atoms with Gasteiger partial charge in [0.05, 0.1) is 11.8 Å². The Balaban J connectivity index is 2.70. The fourth-order valence-corrected chi connectivity index (χ4v) is 1.84. The number of aliphatic carboxylic acids is 1. The number of benzene rings is 1. The average Bonchev–Trinajstić information content (AvgIpc) is 2.35. The van der Waals surface area contributed by atoms with Crippen LogP contribution in [0.4, 0.5) is 0 Å². The van der Waals surface area contributed by atoms with Gasteiger partial charge in [-0.25, -0.2) is 4.79 Å². The first-order valence-corrected chi connectivity index (χ1v) is 5.64. The van der Waals surface area contributed by atoms with Crippen molar-refractivity contribution in [1.29, 1.82) is 0 Å². The molecule has 2 aromatic rings. The highest BCUT2D eigenvalue weighted by molar-refractivity contribution is 5.93. The van der Waals surface area contributed by atoms with Gasteiger partial charge in [-0.3, -0.25) is 9.59 Å². The number of carbonyl (C=O) groups is 2. The molecule has 0 saturated heterocycles. The van der Waals surface area contributed by atoms with E-state index in [1.54, 1.807) is 0 Å². The molecule has 0 spiro atoms. The van der Waals surface area contributed by atoms with Gasteiger partial charge >= 0.3 is 11.9 Å². The summed E-state index contributed by atoms with van der Waals surface area (Å²) in [6.07, 6.45) is -0.592. The monoisotopic (exact) mass is 278 g/mol. The minimum absolute atomic E-state index is 0.0132. The van der Waals surface area contributed by atoms with E-state index >= 15 is 0 Å². The minimum atomic E-state index is -1.48. The van der Waals surface area contributed by atoms with E-state index in [1.165, 1.54) is 18.2 Å². The summed E-state index contributed by atoms with van der Waals surface area (Å²) in [5, 5.41) is 27.0. The first-order chi connectivity index (χ1) is 9.40. The van der Waals surface area contributed by atoms with Crippen molar-refractivity contribution in [2.75, 3.05) is 0 Å². The molecular weight excluding hydrogens is 268 g/mol. The van der Waals surface area contributed by atoms with E-state index in [2.05, 4.69) is 0 Å². The summed E-state index contributed by atoms with van der Waals surface area (Å²) in [7, 11) is 0. The molecule has 0 amide bonds. The number of rotatable bonds is 4. The lowest BCUT2D eigenvalue weighted by molar-refractivity contribution is -0.137. The lowest BCUT2D eigenvalue weighted by Gasteiger charge is -2.06. The molecule has 0 saturated carbocycles. The number of aromatic hydroxyl groups is 1. The van der Waals surface area contributed by atoms with Gasteiger partial charge in [-0.15, -0.1) is 0 Å². The van der Waals surface area contributed by atoms with Crippen LogP contribution in [0.1, 0.15) is 22.5 Å². The van der Waals surface area contributed by atoms with Crippen LogP contribution < -0.4 is 5.43 Å². The van der Waals surface area contributed by atoms with Crippen LogP contribution in [0.3, 0.4) is 0 Å². The molecule has 0 bridgehead atoms. The normalized spacial score (nSPS) is 10.6. The molecule has 2 rings (SSSR count). The van der Waals surface area contributed by atoms with E-state index in [0.29, 0.717) is 0 Å². The molecule has 0 radical (unpaired) electrons. The van der Waals surface area contributed by atoms with E-state index in [0.717, 1.165) is 0 Å². The molecule has 7 heteroatoms. The average molecular weight is 278 g/mol. The number of aryl methyl sites for hydroxylation is 1. The van der Waals surface area contributed by atoms with Crippen LogP contribution in [0.15, 0.2) is 27.4 Å². The zero-order chi connectivity index (χ0) is 14.9. The van der Waals surface area contributed by atoms with Gasteiger partial charge in [-0.05, 0) is 12.1 Å². The van der Waals surface area contributed by atoms with Gasteiger partial charge in [-0.2, -0.15) is 0 Å². The van der Waals surface area contributed by atoms with Crippen molar-refractivity contribution in [2.45, 2.75) is 12.8 Å². The van der Waals surface area contributed by atoms with Crippen LogP contribution >= 0.6 is 0 Å². The maximum atomic E-state index is 12.1. The van der Waals surface area contributed by atoms with Crippen LogP contribution in [-0.4, -0.2) is 27.3 Å². The van der Waals surface area contributed by atoms with Gasteiger partial charge in [0.2, 0.25) is 5.43 Å². The molecule has 0 unspecified atom stereocenters. The summed E-state index contributed by atoms with van der Waals surface area (Å²) < 4.78 is 5.26. The van der Waals surface area contributed by atoms with E-state index in [9.17, 15) is 19.5 Å². The summed E-state index contributed by atoms with van der Waals surface area (Å²) in [4.78, 5) is 33.8. The summed E-state index contributed by atoms with van der Waals surface area (Å²) in [6.45, 7) is 0. The standard InChI is InChI=1S/C13H10O7/c14-6-1-2-7-9(5-6)20-8(3-4-10(15)16)11(12(7)17)13(18)19/h1-2,5,14H,3-4H2,(H,15,16)(H,18,19). The van der Waals surface area contributed by atoms with Gasteiger partial charge in [0.25, 0.3) is 0 Å². The molecule has 0 fully saturated rings. The topological polar surface area (TPSA) is 125 Å². The number of phenolic OH excluding ortho intramolecular Hbond substituents is 1. The Morgan fingerprint density at radius 3 is 2.50 bits per heavy atom. The largest absolute Gasteiger partial charge is 0.508 e. The van der Waals surface area contributed by atoms with E-state index in [-0.39, 0.29) is 35.3 Å². The lowest BCUT2D eigenvalue weighted by Crippen LogP contribution is -2.18. The molecule has 20 heavy (non-hydrogen) atoms.